The van der Waals surface area contributed by atoms with Gasteiger partial charge >= 0.3 is 11.9 Å². The van der Waals surface area contributed by atoms with Gasteiger partial charge in [0.1, 0.15) is 6.61 Å². The lowest BCUT2D eigenvalue weighted by atomic mass is 9.99. The van der Waals surface area contributed by atoms with Crippen molar-refractivity contribution >= 4 is 11.9 Å². The zero-order chi connectivity index (χ0) is 22.3. The molecule has 0 spiro atoms. The van der Waals surface area contributed by atoms with Crippen molar-refractivity contribution in [2.75, 3.05) is 59.5 Å². The van der Waals surface area contributed by atoms with E-state index in [2.05, 4.69) is 13.8 Å². The van der Waals surface area contributed by atoms with Gasteiger partial charge in [0.05, 0.1) is 39.0 Å². The highest BCUT2D eigenvalue weighted by molar-refractivity contribution is 5.72. The van der Waals surface area contributed by atoms with Gasteiger partial charge in [0.15, 0.2) is 0 Å². The van der Waals surface area contributed by atoms with E-state index in [0.29, 0.717) is 58.9 Å². The monoisotopic (exact) mass is 434 g/mol. The molecule has 1 N–H and O–H groups in total. The molecular weight excluding hydrogens is 392 g/mol. The number of carbonyl (C=O) groups excluding carboxylic acids is 1. The highest BCUT2D eigenvalue weighted by atomic mass is 16.6. The maximum Gasteiger partial charge on any atom is 0.309 e. The fourth-order valence-corrected chi connectivity index (χ4v) is 2.56. The van der Waals surface area contributed by atoms with E-state index in [1.54, 1.807) is 0 Å². The summed E-state index contributed by atoms with van der Waals surface area (Å²) < 4.78 is 27.0. The SMILES string of the molecule is CCCCOCCOCCOC(=O)C(CCCC(=O)O)CCOCCOCCCC. The van der Waals surface area contributed by atoms with Crippen LogP contribution in [-0.4, -0.2) is 76.5 Å². The fourth-order valence-electron chi connectivity index (χ4n) is 2.56. The average molecular weight is 435 g/mol. The highest BCUT2D eigenvalue weighted by Gasteiger charge is 2.20. The molecule has 0 aromatic heterocycles. The molecule has 0 saturated carbocycles. The van der Waals surface area contributed by atoms with Crippen molar-refractivity contribution in [2.45, 2.75) is 65.2 Å². The van der Waals surface area contributed by atoms with Crippen molar-refractivity contribution in [2.24, 2.45) is 5.92 Å². The summed E-state index contributed by atoms with van der Waals surface area (Å²) in [7, 11) is 0. The Labute approximate surface area is 181 Å². The minimum atomic E-state index is -0.864. The summed E-state index contributed by atoms with van der Waals surface area (Å²) in [6.45, 7) is 8.61. The zero-order valence-electron chi connectivity index (χ0n) is 18.9. The van der Waals surface area contributed by atoms with E-state index < -0.39 is 5.97 Å². The first-order valence-electron chi connectivity index (χ1n) is 11.3. The number of carboxylic acids is 1. The molecule has 0 aliphatic carbocycles. The van der Waals surface area contributed by atoms with Gasteiger partial charge in [-0.15, -0.1) is 0 Å². The van der Waals surface area contributed by atoms with Gasteiger partial charge in [0, 0.05) is 26.2 Å². The summed E-state index contributed by atoms with van der Waals surface area (Å²) in [6.07, 6.45) is 5.70. The number of ether oxygens (including phenoxy) is 5. The predicted molar refractivity (Wildman–Crippen MR) is 114 cm³/mol. The Balaban J connectivity index is 3.95. The largest absolute Gasteiger partial charge is 0.481 e. The number of carbonyl (C=O) groups is 2. The minimum Gasteiger partial charge on any atom is -0.481 e. The molecule has 8 heteroatoms. The topological polar surface area (TPSA) is 101 Å². The van der Waals surface area contributed by atoms with Crippen LogP contribution in [0.5, 0.6) is 0 Å². The second kappa shape index (κ2) is 22.5. The standard InChI is InChI=1S/C22H42O8/c1-3-5-11-26-14-16-28-13-10-20(8-7-9-21(23)24)22(25)30-19-18-29-17-15-27-12-6-4-2/h20H,3-19H2,1-2H3,(H,23,24). The van der Waals surface area contributed by atoms with Gasteiger partial charge in [-0.25, -0.2) is 0 Å². The highest BCUT2D eigenvalue weighted by Crippen LogP contribution is 2.15. The van der Waals surface area contributed by atoms with Gasteiger partial charge in [0.2, 0.25) is 0 Å². The van der Waals surface area contributed by atoms with E-state index >= 15 is 0 Å². The number of esters is 1. The molecule has 1 unspecified atom stereocenters. The molecular formula is C22H42O8. The summed E-state index contributed by atoms with van der Waals surface area (Å²) in [5.41, 5.74) is 0. The summed E-state index contributed by atoms with van der Waals surface area (Å²) in [5.74, 6) is -1.56. The summed E-state index contributed by atoms with van der Waals surface area (Å²) in [6, 6.07) is 0. The van der Waals surface area contributed by atoms with Crippen molar-refractivity contribution in [3.8, 4) is 0 Å². The van der Waals surface area contributed by atoms with E-state index in [1.165, 1.54) is 0 Å². The Morgan fingerprint density at radius 1 is 0.667 bits per heavy atom. The smallest absolute Gasteiger partial charge is 0.309 e. The molecule has 0 amide bonds. The normalized spacial score (nSPS) is 12.1. The molecule has 0 fully saturated rings. The molecule has 0 saturated heterocycles. The third-order valence-corrected chi connectivity index (χ3v) is 4.39. The van der Waals surface area contributed by atoms with Crippen molar-refractivity contribution in [1.29, 1.82) is 0 Å². The molecule has 8 nitrogen and oxygen atoms in total. The number of aliphatic carboxylic acids is 1. The zero-order valence-corrected chi connectivity index (χ0v) is 18.9. The predicted octanol–water partition coefficient (Wildman–Crippen LogP) is 3.46. The molecule has 0 heterocycles. The molecule has 0 rings (SSSR count). The van der Waals surface area contributed by atoms with Gasteiger partial charge in [-0.05, 0) is 32.1 Å². The second-order valence-electron chi connectivity index (χ2n) is 7.10. The van der Waals surface area contributed by atoms with Gasteiger partial charge in [-0.1, -0.05) is 26.7 Å². The molecule has 0 aliphatic heterocycles. The lowest BCUT2D eigenvalue weighted by Crippen LogP contribution is -2.22. The average Bonchev–Trinajstić information content (AvgIpc) is 2.72. The number of unbranched alkanes of at least 4 members (excludes halogenated alkanes) is 2. The van der Waals surface area contributed by atoms with E-state index in [1.807, 2.05) is 0 Å². The van der Waals surface area contributed by atoms with Gasteiger partial charge < -0.3 is 28.8 Å². The van der Waals surface area contributed by atoms with Gasteiger partial charge in [-0.3, -0.25) is 9.59 Å². The Kier molecular flexibility index (Phi) is 21.6. The molecule has 30 heavy (non-hydrogen) atoms. The Hall–Kier alpha value is -1.22. The van der Waals surface area contributed by atoms with Crippen LogP contribution in [0.25, 0.3) is 0 Å². The van der Waals surface area contributed by atoms with Gasteiger partial charge in [-0.2, -0.15) is 0 Å². The lowest BCUT2D eigenvalue weighted by Gasteiger charge is -2.16. The number of rotatable bonds is 23. The molecule has 0 bridgehead atoms. The first-order chi connectivity index (χ1) is 14.6. The van der Waals surface area contributed by atoms with Crippen LogP contribution >= 0.6 is 0 Å². The maximum atomic E-state index is 12.3. The third-order valence-electron chi connectivity index (χ3n) is 4.39. The third kappa shape index (κ3) is 20.1. The van der Waals surface area contributed by atoms with Crippen molar-refractivity contribution in [1.82, 2.24) is 0 Å². The van der Waals surface area contributed by atoms with Crippen LogP contribution in [0.4, 0.5) is 0 Å². The van der Waals surface area contributed by atoms with Crippen LogP contribution < -0.4 is 0 Å². The Morgan fingerprint density at radius 3 is 1.70 bits per heavy atom. The second-order valence-corrected chi connectivity index (χ2v) is 7.10. The van der Waals surface area contributed by atoms with Crippen LogP contribution in [0.15, 0.2) is 0 Å². The van der Waals surface area contributed by atoms with E-state index in [9.17, 15) is 9.59 Å². The van der Waals surface area contributed by atoms with Crippen LogP contribution in [-0.2, 0) is 33.3 Å². The maximum absolute atomic E-state index is 12.3. The first kappa shape index (κ1) is 28.8. The van der Waals surface area contributed by atoms with E-state index in [-0.39, 0.29) is 24.9 Å². The first-order valence-corrected chi connectivity index (χ1v) is 11.3. The van der Waals surface area contributed by atoms with Crippen molar-refractivity contribution in [3.05, 3.63) is 0 Å². The molecule has 0 radical (unpaired) electrons. The van der Waals surface area contributed by atoms with E-state index in [0.717, 1.165) is 38.9 Å². The number of hydrogen-bond donors (Lipinski definition) is 1. The van der Waals surface area contributed by atoms with Crippen molar-refractivity contribution in [3.63, 3.8) is 0 Å². The molecule has 1 atom stereocenters. The summed E-state index contributed by atoms with van der Waals surface area (Å²) in [4.78, 5) is 23.1. The molecule has 178 valence electrons. The molecule has 0 aromatic rings. The van der Waals surface area contributed by atoms with E-state index in [4.69, 9.17) is 28.8 Å². The van der Waals surface area contributed by atoms with Crippen LogP contribution in [0, 0.1) is 5.92 Å². The van der Waals surface area contributed by atoms with Crippen LogP contribution in [0.3, 0.4) is 0 Å². The fraction of sp³-hybridized carbons (Fsp3) is 0.909. The number of carboxylic acid groups (broad SMARTS) is 1. The molecule has 0 aromatic carbocycles. The van der Waals surface area contributed by atoms with Crippen molar-refractivity contribution < 1.29 is 38.4 Å². The lowest BCUT2D eigenvalue weighted by molar-refractivity contribution is -0.151. The number of hydrogen-bond acceptors (Lipinski definition) is 7. The quantitative estimate of drug-likeness (QED) is 0.193. The summed E-state index contributed by atoms with van der Waals surface area (Å²) in [5, 5.41) is 8.81. The van der Waals surface area contributed by atoms with Gasteiger partial charge in [0.25, 0.3) is 0 Å². The van der Waals surface area contributed by atoms with Crippen LogP contribution in [0.2, 0.25) is 0 Å². The summed E-state index contributed by atoms with van der Waals surface area (Å²) >= 11 is 0. The Bertz CT molecular complexity index is 403. The molecule has 0 aliphatic rings. The Morgan fingerprint density at radius 2 is 1.17 bits per heavy atom. The van der Waals surface area contributed by atoms with Crippen LogP contribution in [0.1, 0.15) is 65.2 Å². The minimum absolute atomic E-state index is 0.0387.